The minimum Gasteiger partial charge on any atom is -0.493 e. The lowest BCUT2D eigenvalue weighted by Gasteiger charge is -2.12. The van der Waals surface area contributed by atoms with Crippen LogP contribution in [0.4, 0.5) is 0 Å². The van der Waals surface area contributed by atoms with E-state index in [9.17, 15) is 5.11 Å². The number of nitrogens with zero attached hydrogens (tertiary/aromatic N) is 2. The van der Waals surface area contributed by atoms with E-state index in [-0.39, 0.29) is 6.61 Å². The largest absolute Gasteiger partial charge is 0.493 e. The monoisotopic (exact) mass is 378 g/mol. The number of halogens is 1. The van der Waals surface area contributed by atoms with E-state index in [2.05, 4.69) is 4.98 Å². The lowest BCUT2D eigenvalue weighted by molar-refractivity contribution is 0.0802. The quantitative estimate of drug-likeness (QED) is 0.465. The fourth-order valence-corrected chi connectivity index (χ4v) is 3.40. The highest BCUT2D eigenvalue weighted by Crippen LogP contribution is 2.25. The molecule has 0 saturated heterocycles. The number of imidazole rings is 1. The first kappa shape index (κ1) is 18.1. The molecule has 3 rings (SSSR count). The summed E-state index contributed by atoms with van der Waals surface area (Å²) in [5.41, 5.74) is 1.81. The van der Waals surface area contributed by atoms with E-state index in [0.29, 0.717) is 23.9 Å². The van der Waals surface area contributed by atoms with Crippen molar-refractivity contribution < 1.29 is 14.9 Å². The second-order valence-electron chi connectivity index (χ2n) is 5.48. The molecule has 3 aromatic rings. The molecule has 2 N–H and O–H groups in total. The van der Waals surface area contributed by atoms with Crippen LogP contribution in [0, 0.1) is 0 Å². The fourth-order valence-electron chi connectivity index (χ4n) is 2.43. The molecule has 0 unspecified atom stereocenters. The number of aromatic nitrogens is 2. The number of aliphatic hydroxyl groups is 2. The summed E-state index contributed by atoms with van der Waals surface area (Å²) < 4.78 is 7.63. The van der Waals surface area contributed by atoms with E-state index in [1.54, 1.807) is 23.9 Å². The summed E-state index contributed by atoms with van der Waals surface area (Å²) in [5.74, 6) is 1.48. The average Bonchev–Trinajstić information content (AvgIpc) is 2.98. The molecule has 1 aromatic heterocycles. The Labute approximate surface area is 155 Å². The van der Waals surface area contributed by atoms with Crippen molar-refractivity contribution in [2.45, 2.75) is 17.8 Å². The molecule has 25 heavy (non-hydrogen) atoms. The first-order chi connectivity index (χ1) is 12.2. The number of hydrogen-bond donors (Lipinski definition) is 2. The third kappa shape index (κ3) is 4.67. The van der Waals surface area contributed by atoms with Crippen molar-refractivity contribution in [3.05, 3.63) is 53.6 Å². The van der Waals surface area contributed by atoms with Crippen LogP contribution in [-0.2, 0) is 6.54 Å². The summed E-state index contributed by atoms with van der Waals surface area (Å²) in [6.07, 6.45) is -0.817. The third-order valence-electron chi connectivity index (χ3n) is 3.62. The van der Waals surface area contributed by atoms with Crippen molar-refractivity contribution in [3.63, 3.8) is 0 Å². The van der Waals surface area contributed by atoms with Crippen LogP contribution in [0.3, 0.4) is 0 Å². The predicted octanol–water partition coefficient (Wildman–Crippen LogP) is 3.21. The van der Waals surface area contributed by atoms with Gasteiger partial charge in [-0.05, 0) is 36.4 Å². The average molecular weight is 379 g/mol. The first-order valence-corrected chi connectivity index (χ1v) is 9.29. The molecule has 0 aliphatic heterocycles. The second kappa shape index (κ2) is 8.58. The number of benzene rings is 2. The minimum atomic E-state index is -0.817. The van der Waals surface area contributed by atoms with Gasteiger partial charge in [0.2, 0.25) is 0 Å². The van der Waals surface area contributed by atoms with Gasteiger partial charge in [-0.1, -0.05) is 35.5 Å². The Morgan fingerprint density at radius 2 is 1.92 bits per heavy atom. The zero-order valence-corrected chi connectivity index (χ0v) is 15.1. The number of para-hydroxylation sites is 2. The van der Waals surface area contributed by atoms with Gasteiger partial charge in [0.25, 0.3) is 0 Å². The van der Waals surface area contributed by atoms with Crippen LogP contribution in [0.2, 0.25) is 5.02 Å². The van der Waals surface area contributed by atoms with Gasteiger partial charge in [-0.15, -0.1) is 0 Å². The van der Waals surface area contributed by atoms with Crippen LogP contribution < -0.4 is 4.74 Å². The summed E-state index contributed by atoms with van der Waals surface area (Å²) in [6.45, 7) is 0.547. The normalized spacial score (nSPS) is 12.4. The van der Waals surface area contributed by atoms with Crippen molar-refractivity contribution in [2.75, 3.05) is 19.0 Å². The zero-order chi connectivity index (χ0) is 17.6. The van der Waals surface area contributed by atoms with E-state index < -0.39 is 6.10 Å². The van der Waals surface area contributed by atoms with Crippen LogP contribution in [0.1, 0.15) is 0 Å². The van der Waals surface area contributed by atoms with E-state index in [1.807, 2.05) is 41.0 Å². The second-order valence-corrected chi connectivity index (χ2v) is 6.98. The van der Waals surface area contributed by atoms with Gasteiger partial charge in [0.15, 0.2) is 5.16 Å². The van der Waals surface area contributed by atoms with Gasteiger partial charge in [-0.2, -0.15) is 0 Å². The summed E-state index contributed by atoms with van der Waals surface area (Å²) in [7, 11) is 0. The maximum absolute atomic E-state index is 9.81. The number of fused-ring (bicyclic) bond motifs is 1. The lowest BCUT2D eigenvalue weighted by Crippen LogP contribution is -2.20. The predicted molar refractivity (Wildman–Crippen MR) is 100 cm³/mol. The Morgan fingerprint density at radius 1 is 1.16 bits per heavy atom. The zero-order valence-electron chi connectivity index (χ0n) is 13.5. The molecule has 0 radical (unpaired) electrons. The van der Waals surface area contributed by atoms with Crippen molar-refractivity contribution in [1.82, 2.24) is 9.55 Å². The molecule has 0 spiro atoms. The van der Waals surface area contributed by atoms with Gasteiger partial charge in [-0.25, -0.2) is 4.98 Å². The molecule has 0 saturated carbocycles. The van der Waals surface area contributed by atoms with Gasteiger partial charge in [0.05, 0.1) is 36.9 Å². The Morgan fingerprint density at radius 3 is 2.68 bits per heavy atom. The highest BCUT2D eigenvalue weighted by atomic mass is 35.5. The molecule has 2 aromatic carbocycles. The van der Waals surface area contributed by atoms with Crippen molar-refractivity contribution >= 4 is 34.4 Å². The summed E-state index contributed by atoms with van der Waals surface area (Å²) >= 11 is 7.41. The minimum absolute atomic E-state index is 0.281. The molecular weight excluding hydrogens is 360 g/mol. The van der Waals surface area contributed by atoms with Crippen LogP contribution in [0.15, 0.2) is 53.7 Å². The number of hydrogen-bond acceptors (Lipinski definition) is 5. The Hall–Kier alpha value is -1.73. The summed E-state index contributed by atoms with van der Waals surface area (Å²) in [6, 6.07) is 15.0. The molecule has 0 amide bonds. The van der Waals surface area contributed by atoms with Crippen LogP contribution in [-0.4, -0.2) is 44.8 Å². The fraction of sp³-hybridized carbons (Fsp3) is 0.278. The van der Waals surface area contributed by atoms with Crippen LogP contribution >= 0.6 is 23.4 Å². The standard InChI is InChI=1S/C18H19ClN2O3S/c19-13-5-7-15(8-6-13)24-9-10-25-18-20-16-3-1-2-4-17(16)21(18)11-14(23)12-22/h1-8,14,22-23H,9-12H2/t14-/m0/s1. The maximum Gasteiger partial charge on any atom is 0.169 e. The highest BCUT2D eigenvalue weighted by Gasteiger charge is 2.14. The molecule has 0 aliphatic rings. The highest BCUT2D eigenvalue weighted by molar-refractivity contribution is 7.99. The molecule has 132 valence electrons. The van der Waals surface area contributed by atoms with Crippen molar-refractivity contribution in [2.24, 2.45) is 0 Å². The lowest BCUT2D eigenvalue weighted by atomic mass is 10.3. The Bertz CT molecular complexity index is 823. The topological polar surface area (TPSA) is 67.5 Å². The maximum atomic E-state index is 9.81. The number of aliphatic hydroxyl groups excluding tert-OH is 2. The number of rotatable bonds is 8. The molecule has 0 aliphatic carbocycles. The Kier molecular flexibility index (Phi) is 6.20. The number of thioether (sulfide) groups is 1. The molecule has 5 nitrogen and oxygen atoms in total. The van der Waals surface area contributed by atoms with E-state index in [0.717, 1.165) is 21.9 Å². The number of ether oxygens (including phenoxy) is 1. The van der Waals surface area contributed by atoms with Gasteiger partial charge >= 0.3 is 0 Å². The van der Waals surface area contributed by atoms with E-state index in [1.165, 1.54) is 0 Å². The van der Waals surface area contributed by atoms with Crippen LogP contribution in [0.5, 0.6) is 5.75 Å². The summed E-state index contributed by atoms with van der Waals surface area (Å²) in [4.78, 5) is 4.62. The summed E-state index contributed by atoms with van der Waals surface area (Å²) in [5, 5.41) is 20.4. The van der Waals surface area contributed by atoms with Crippen molar-refractivity contribution in [3.8, 4) is 5.75 Å². The Balaban J connectivity index is 1.65. The molecular formula is C18H19ClN2O3S. The van der Waals surface area contributed by atoms with Crippen LogP contribution in [0.25, 0.3) is 11.0 Å². The molecule has 0 fully saturated rings. The SMILES string of the molecule is OC[C@@H](O)Cn1c(SCCOc2ccc(Cl)cc2)nc2ccccc21. The molecule has 0 bridgehead atoms. The van der Waals surface area contributed by atoms with E-state index >= 15 is 0 Å². The van der Waals surface area contributed by atoms with Crippen molar-refractivity contribution in [1.29, 1.82) is 0 Å². The third-order valence-corrected chi connectivity index (χ3v) is 4.81. The van der Waals surface area contributed by atoms with Gasteiger partial charge in [0.1, 0.15) is 5.75 Å². The first-order valence-electron chi connectivity index (χ1n) is 7.92. The van der Waals surface area contributed by atoms with Gasteiger partial charge in [-0.3, -0.25) is 0 Å². The molecule has 1 atom stereocenters. The van der Waals surface area contributed by atoms with Gasteiger partial charge < -0.3 is 19.5 Å². The smallest absolute Gasteiger partial charge is 0.169 e. The van der Waals surface area contributed by atoms with E-state index in [4.69, 9.17) is 21.4 Å². The van der Waals surface area contributed by atoms with Gasteiger partial charge in [0, 0.05) is 10.8 Å². The molecule has 1 heterocycles. The molecule has 7 heteroatoms.